The highest BCUT2D eigenvalue weighted by atomic mass is 79.9. The van der Waals surface area contributed by atoms with Gasteiger partial charge < -0.3 is 0 Å². The number of aryl methyl sites for hydroxylation is 3. The minimum Gasteiger partial charge on any atom is -0.293 e. The van der Waals surface area contributed by atoms with Crippen LogP contribution in [0.15, 0.2) is 21.7 Å². The average Bonchev–Trinajstić information content (AvgIpc) is 2.60. The van der Waals surface area contributed by atoms with Crippen LogP contribution in [0.5, 0.6) is 0 Å². The van der Waals surface area contributed by atoms with Crippen LogP contribution in [0, 0.1) is 13.8 Å². The molecule has 0 saturated carbocycles. The van der Waals surface area contributed by atoms with Gasteiger partial charge in [-0.3, -0.25) is 14.0 Å². The van der Waals surface area contributed by atoms with Crippen LogP contribution in [0.2, 0.25) is 0 Å². The van der Waals surface area contributed by atoms with Crippen molar-refractivity contribution in [3.63, 3.8) is 0 Å². The predicted molar refractivity (Wildman–Crippen MR) is 72.7 cm³/mol. The van der Waals surface area contributed by atoms with Crippen molar-refractivity contribution in [2.24, 2.45) is 0 Å². The Labute approximate surface area is 114 Å². The first kappa shape index (κ1) is 13.0. The highest BCUT2D eigenvalue weighted by Crippen LogP contribution is 2.21. The third-order valence-electron chi connectivity index (χ3n) is 2.79. The summed E-state index contributed by atoms with van der Waals surface area (Å²) >= 11 is 3.52. The van der Waals surface area contributed by atoms with E-state index in [1.165, 1.54) is 6.07 Å². The van der Waals surface area contributed by atoms with E-state index in [9.17, 15) is 4.79 Å². The molecular weight excluding hydrogens is 296 g/mol. The molecule has 0 amide bonds. The van der Waals surface area contributed by atoms with Crippen molar-refractivity contribution in [1.29, 1.82) is 0 Å². The molecule has 0 aromatic carbocycles. The van der Waals surface area contributed by atoms with Gasteiger partial charge in [0.15, 0.2) is 0 Å². The Morgan fingerprint density at radius 2 is 2.11 bits per heavy atom. The number of hydrogen-bond donors (Lipinski definition) is 0. The van der Waals surface area contributed by atoms with Crippen LogP contribution in [-0.4, -0.2) is 19.3 Å². The molecule has 2 rings (SSSR count). The molecule has 2 heterocycles. The summed E-state index contributed by atoms with van der Waals surface area (Å²) in [5.41, 5.74) is 2.61. The standard InChI is InChI=1S/C12H15BrN4O/c1-4-17-10(12(13)9(3)15-17)6-16-7-14-8(2)5-11(16)18/h5,7H,4,6H2,1-3H3. The summed E-state index contributed by atoms with van der Waals surface area (Å²) in [6.07, 6.45) is 1.58. The Bertz CT molecular complexity index is 629. The third-order valence-corrected chi connectivity index (χ3v) is 3.82. The fourth-order valence-corrected chi connectivity index (χ4v) is 2.23. The minimum atomic E-state index is -0.0455. The lowest BCUT2D eigenvalue weighted by molar-refractivity contribution is 0.586. The molecule has 0 fully saturated rings. The first-order valence-corrected chi connectivity index (χ1v) is 6.57. The quantitative estimate of drug-likeness (QED) is 0.870. The largest absolute Gasteiger partial charge is 0.293 e. The van der Waals surface area contributed by atoms with E-state index in [-0.39, 0.29) is 5.56 Å². The molecule has 0 N–H and O–H groups in total. The molecule has 2 aromatic rings. The average molecular weight is 311 g/mol. The molecule has 18 heavy (non-hydrogen) atoms. The molecule has 6 heteroatoms. The van der Waals surface area contributed by atoms with Gasteiger partial charge in [-0.2, -0.15) is 5.10 Å². The van der Waals surface area contributed by atoms with Gasteiger partial charge in [-0.05, 0) is 36.7 Å². The van der Waals surface area contributed by atoms with Gasteiger partial charge in [0.25, 0.3) is 5.56 Å². The third kappa shape index (κ3) is 2.38. The van der Waals surface area contributed by atoms with E-state index >= 15 is 0 Å². The highest BCUT2D eigenvalue weighted by molar-refractivity contribution is 9.10. The van der Waals surface area contributed by atoms with E-state index in [4.69, 9.17) is 0 Å². The molecule has 0 unspecified atom stereocenters. The maximum atomic E-state index is 11.8. The Balaban J connectivity index is 2.42. The highest BCUT2D eigenvalue weighted by Gasteiger charge is 2.13. The van der Waals surface area contributed by atoms with Gasteiger partial charge in [0.1, 0.15) is 0 Å². The molecule has 96 valence electrons. The molecule has 0 aliphatic rings. The van der Waals surface area contributed by atoms with Crippen molar-refractivity contribution < 1.29 is 0 Å². The van der Waals surface area contributed by atoms with Gasteiger partial charge in [-0.25, -0.2) is 4.98 Å². The van der Waals surface area contributed by atoms with E-state index in [1.54, 1.807) is 10.9 Å². The van der Waals surface area contributed by atoms with Crippen LogP contribution in [0.4, 0.5) is 0 Å². The second kappa shape index (κ2) is 5.06. The van der Waals surface area contributed by atoms with Gasteiger partial charge in [-0.15, -0.1) is 0 Å². The summed E-state index contributed by atoms with van der Waals surface area (Å²) in [6.45, 7) is 7.02. The Morgan fingerprint density at radius 1 is 1.39 bits per heavy atom. The van der Waals surface area contributed by atoms with Gasteiger partial charge in [-0.1, -0.05) is 0 Å². The molecule has 0 spiro atoms. The Morgan fingerprint density at radius 3 is 2.72 bits per heavy atom. The number of halogens is 1. The maximum absolute atomic E-state index is 11.8. The van der Waals surface area contributed by atoms with E-state index < -0.39 is 0 Å². The van der Waals surface area contributed by atoms with Crippen LogP contribution >= 0.6 is 15.9 Å². The summed E-state index contributed by atoms with van der Waals surface area (Å²) in [7, 11) is 0. The molecule has 0 aliphatic carbocycles. The van der Waals surface area contributed by atoms with E-state index in [0.717, 1.165) is 28.1 Å². The van der Waals surface area contributed by atoms with Gasteiger partial charge in [0.2, 0.25) is 0 Å². The summed E-state index contributed by atoms with van der Waals surface area (Å²) in [5.74, 6) is 0. The first-order valence-electron chi connectivity index (χ1n) is 5.77. The fourth-order valence-electron chi connectivity index (χ4n) is 1.82. The molecule has 0 aliphatic heterocycles. The normalized spacial score (nSPS) is 10.9. The lowest BCUT2D eigenvalue weighted by Crippen LogP contribution is -2.22. The molecule has 0 saturated heterocycles. The molecule has 2 aromatic heterocycles. The Kier molecular flexibility index (Phi) is 3.65. The maximum Gasteiger partial charge on any atom is 0.253 e. The zero-order valence-corrected chi connectivity index (χ0v) is 12.2. The summed E-state index contributed by atoms with van der Waals surface area (Å²) in [5, 5.41) is 4.41. The van der Waals surface area contributed by atoms with Crippen LogP contribution in [0.1, 0.15) is 24.0 Å². The molecule has 0 atom stereocenters. The van der Waals surface area contributed by atoms with Crippen molar-refractivity contribution in [3.05, 3.63) is 44.3 Å². The van der Waals surface area contributed by atoms with Crippen LogP contribution in [0.3, 0.4) is 0 Å². The molecule has 0 bridgehead atoms. The number of aromatic nitrogens is 4. The Hall–Kier alpha value is -1.43. The molecular formula is C12H15BrN4O. The number of nitrogens with zero attached hydrogens (tertiary/aromatic N) is 4. The van der Waals surface area contributed by atoms with Crippen molar-refractivity contribution >= 4 is 15.9 Å². The lowest BCUT2D eigenvalue weighted by atomic mass is 10.3. The lowest BCUT2D eigenvalue weighted by Gasteiger charge is -2.08. The van der Waals surface area contributed by atoms with Gasteiger partial charge in [0, 0.05) is 18.3 Å². The van der Waals surface area contributed by atoms with Crippen LogP contribution < -0.4 is 5.56 Å². The number of hydrogen-bond acceptors (Lipinski definition) is 3. The zero-order chi connectivity index (χ0) is 13.3. The summed E-state index contributed by atoms with van der Waals surface area (Å²) in [6, 6.07) is 1.54. The minimum absolute atomic E-state index is 0.0455. The van der Waals surface area contributed by atoms with E-state index in [0.29, 0.717) is 6.54 Å². The first-order chi connectivity index (χ1) is 8.52. The van der Waals surface area contributed by atoms with E-state index in [1.807, 2.05) is 25.5 Å². The van der Waals surface area contributed by atoms with Crippen molar-refractivity contribution in [2.45, 2.75) is 33.9 Å². The molecule has 5 nitrogen and oxygen atoms in total. The van der Waals surface area contributed by atoms with Crippen molar-refractivity contribution in [1.82, 2.24) is 19.3 Å². The SMILES string of the molecule is CCn1nc(C)c(Br)c1Cn1cnc(C)cc1=O. The van der Waals surface area contributed by atoms with Crippen molar-refractivity contribution in [3.8, 4) is 0 Å². The van der Waals surface area contributed by atoms with Crippen LogP contribution in [-0.2, 0) is 13.1 Å². The summed E-state index contributed by atoms with van der Waals surface area (Å²) in [4.78, 5) is 16.0. The zero-order valence-electron chi connectivity index (χ0n) is 10.6. The topological polar surface area (TPSA) is 52.7 Å². The van der Waals surface area contributed by atoms with Gasteiger partial charge >= 0.3 is 0 Å². The summed E-state index contributed by atoms with van der Waals surface area (Å²) < 4.78 is 4.43. The second-order valence-electron chi connectivity index (χ2n) is 4.16. The number of rotatable bonds is 3. The molecule has 0 radical (unpaired) electrons. The second-order valence-corrected chi connectivity index (χ2v) is 4.95. The predicted octanol–water partition coefficient (Wildman–Crippen LogP) is 1.89. The van der Waals surface area contributed by atoms with Crippen LogP contribution in [0.25, 0.3) is 0 Å². The smallest absolute Gasteiger partial charge is 0.253 e. The van der Waals surface area contributed by atoms with E-state index in [2.05, 4.69) is 26.0 Å². The monoisotopic (exact) mass is 310 g/mol. The fraction of sp³-hybridized carbons (Fsp3) is 0.417. The van der Waals surface area contributed by atoms with Crippen molar-refractivity contribution in [2.75, 3.05) is 0 Å². The van der Waals surface area contributed by atoms with Gasteiger partial charge in [0.05, 0.1) is 28.7 Å².